The second-order valence-corrected chi connectivity index (χ2v) is 12.3. The molecule has 3 aromatic carbocycles. The largest absolute Gasteiger partial charge is 0.465 e. The number of thiophene rings is 1. The van der Waals surface area contributed by atoms with Crippen LogP contribution in [0.1, 0.15) is 50.8 Å². The predicted molar refractivity (Wildman–Crippen MR) is 174 cm³/mol. The quantitative estimate of drug-likeness (QED) is 0.205. The van der Waals surface area contributed by atoms with Gasteiger partial charge in [-0.05, 0) is 54.5 Å². The van der Waals surface area contributed by atoms with Gasteiger partial charge >= 0.3 is 5.97 Å². The molecule has 1 aliphatic carbocycles. The third-order valence-electron chi connectivity index (χ3n) is 8.55. The second kappa shape index (κ2) is 12.1. The predicted octanol–water partition coefficient (Wildman–Crippen LogP) is 7.01. The molecule has 7 rings (SSSR count). The number of rotatable bonds is 7. The van der Waals surface area contributed by atoms with E-state index in [0.29, 0.717) is 11.4 Å². The third kappa shape index (κ3) is 5.48. The number of esters is 1. The van der Waals surface area contributed by atoms with E-state index in [-0.39, 0.29) is 12.0 Å². The van der Waals surface area contributed by atoms with E-state index in [9.17, 15) is 4.79 Å². The number of nitrogens with zero attached hydrogens (tertiary/aromatic N) is 4. The molecule has 0 spiro atoms. The van der Waals surface area contributed by atoms with Crippen molar-refractivity contribution < 1.29 is 9.53 Å². The summed E-state index contributed by atoms with van der Waals surface area (Å²) in [5.74, 6) is 1.20. The molecule has 1 aliphatic heterocycles. The number of benzene rings is 3. The molecule has 43 heavy (non-hydrogen) atoms. The fourth-order valence-electron chi connectivity index (χ4n) is 6.45. The van der Waals surface area contributed by atoms with Crippen LogP contribution in [0.25, 0.3) is 11.0 Å². The van der Waals surface area contributed by atoms with E-state index in [1.807, 2.05) is 24.3 Å². The molecule has 1 N–H and O–H groups in total. The van der Waals surface area contributed by atoms with Crippen molar-refractivity contribution in [1.29, 1.82) is 0 Å². The highest BCUT2D eigenvalue weighted by Gasteiger charge is 2.30. The van der Waals surface area contributed by atoms with E-state index < -0.39 is 0 Å². The van der Waals surface area contributed by atoms with Crippen LogP contribution in [0.4, 0.5) is 16.6 Å². The lowest BCUT2D eigenvalue weighted by atomic mass is 9.95. The van der Waals surface area contributed by atoms with Crippen molar-refractivity contribution in [3.8, 4) is 0 Å². The first-order valence-electron chi connectivity index (χ1n) is 15.0. The fraction of sp³-hybridized carbons (Fsp3) is 0.286. The number of anilines is 3. The molecule has 5 aromatic rings. The molecule has 0 atom stereocenters. The van der Waals surface area contributed by atoms with Crippen LogP contribution in [0, 0.1) is 0 Å². The Hall–Kier alpha value is -4.27. The number of hydrogen-bond donors (Lipinski definition) is 1. The van der Waals surface area contributed by atoms with Crippen molar-refractivity contribution in [2.24, 2.45) is 0 Å². The number of para-hydroxylation sites is 2. The monoisotopic (exact) mass is 589 g/mol. The van der Waals surface area contributed by atoms with Crippen molar-refractivity contribution in [2.45, 2.75) is 31.7 Å². The average molecular weight is 590 g/mol. The number of aryl methyl sites for hydroxylation is 1. The Bertz CT molecular complexity index is 1690. The summed E-state index contributed by atoms with van der Waals surface area (Å²) in [6, 6.07) is 29.7. The summed E-state index contributed by atoms with van der Waals surface area (Å²) in [4.78, 5) is 29.3. The Balaban J connectivity index is 1.21. The number of carbonyl (C=O) groups excluding carboxylic acids is 1. The topological polar surface area (TPSA) is 70.6 Å². The number of piperazine rings is 1. The van der Waals surface area contributed by atoms with Gasteiger partial charge < -0.3 is 15.0 Å². The number of ether oxygens (including phenoxy) is 1. The van der Waals surface area contributed by atoms with Gasteiger partial charge in [0.25, 0.3) is 0 Å². The van der Waals surface area contributed by atoms with Gasteiger partial charge in [-0.2, -0.15) is 0 Å². The number of carbonyl (C=O) groups is 1. The molecular formula is C35H35N5O2S. The van der Waals surface area contributed by atoms with Gasteiger partial charge in [0.15, 0.2) is 11.6 Å². The molecule has 8 heteroatoms. The van der Waals surface area contributed by atoms with Gasteiger partial charge in [-0.3, -0.25) is 4.90 Å². The van der Waals surface area contributed by atoms with Crippen molar-refractivity contribution >= 4 is 45.0 Å². The maximum Gasteiger partial charge on any atom is 0.341 e. The standard InChI is InChI=1S/C35H35N5O2S/c1-42-35(41)30-26-16-8-11-19-29(26)43-34(30)38-32-33(37-28-18-10-9-17-27(28)36-32)40-22-20-39(21-23-40)31(24-12-4-2-5-13-24)25-14-6-3-7-15-25/h2-7,9-10,12-15,17-18,31H,8,11,16,19-23H2,1H3,(H,36,38). The van der Waals surface area contributed by atoms with Crippen LogP contribution >= 0.6 is 11.3 Å². The van der Waals surface area contributed by atoms with Crippen LogP contribution in [0.2, 0.25) is 0 Å². The Morgan fingerprint density at radius 3 is 2.07 bits per heavy atom. The van der Waals surface area contributed by atoms with Crippen molar-refractivity contribution in [3.63, 3.8) is 0 Å². The van der Waals surface area contributed by atoms with Crippen LogP contribution in [0.5, 0.6) is 0 Å². The molecule has 1 saturated heterocycles. The SMILES string of the molecule is COC(=O)c1c(Nc2nc3ccccc3nc2N2CCN(C(c3ccccc3)c3ccccc3)CC2)sc2c1CCCC2. The maximum atomic E-state index is 13.0. The minimum Gasteiger partial charge on any atom is -0.465 e. The normalized spacial score (nSPS) is 15.4. The molecule has 0 radical (unpaired) electrons. The van der Waals surface area contributed by atoms with E-state index >= 15 is 0 Å². The first kappa shape index (κ1) is 27.6. The lowest BCUT2D eigenvalue weighted by molar-refractivity contribution is 0.0601. The highest BCUT2D eigenvalue weighted by molar-refractivity contribution is 7.16. The smallest absolute Gasteiger partial charge is 0.341 e. The summed E-state index contributed by atoms with van der Waals surface area (Å²) in [6.07, 6.45) is 4.13. The Morgan fingerprint density at radius 2 is 1.42 bits per heavy atom. The number of fused-ring (bicyclic) bond motifs is 2. The number of methoxy groups -OCH3 is 1. The lowest BCUT2D eigenvalue weighted by Gasteiger charge is -2.40. The molecular weight excluding hydrogens is 554 g/mol. The average Bonchev–Trinajstić information content (AvgIpc) is 3.43. The van der Waals surface area contributed by atoms with Gasteiger partial charge in [0.05, 0.1) is 29.7 Å². The van der Waals surface area contributed by atoms with Gasteiger partial charge in [0.2, 0.25) is 0 Å². The molecule has 0 saturated carbocycles. The van der Waals surface area contributed by atoms with E-state index in [0.717, 1.165) is 79.3 Å². The summed E-state index contributed by atoms with van der Waals surface area (Å²) in [5, 5.41) is 4.38. The zero-order chi connectivity index (χ0) is 29.2. The molecule has 3 heterocycles. The highest BCUT2D eigenvalue weighted by Crippen LogP contribution is 2.41. The molecule has 2 aliphatic rings. The minimum atomic E-state index is -0.293. The van der Waals surface area contributed by atoms with Crippen molar-refractivity contribution in [1.82, 2.24) is 14.9 Å². The second-order valence-electron chi connectivity index (χ2n) is 11.2. The van der Waals surface area contributed by atoms with Crippen molar-refractivity contribution in [2.75, 3.05) is 43.5 Å². The van der Waals surface area contributed by atoms with E-state index in [2.05, 4.69) is 75.8 Å². The van der Waals surface area contributed by atoms with Crippen LogP contribution in [0.3, 0.4) is 0 Å². The number of aromatic nitrogens is 2. The third-order valence-corrected chi connectivity index (χ3v) is 9.76. The zero-order valence-corrected chi connectivity index (χ0v) is 25.1. The molecule has 0 bridgehead atoms. The molecule has 0 unspecified atom stereocenters. The fourth-order valence-corrected chi connectivity index (χ4v) is 7.73. The van der Waals surface area contributed by atoms with Gasteiger partial charge in [-0.1, -0.05) is 72.8 Å². The number of hydrogen-bond acceptors (Lipinski definition) is 8. The van der Waals surface area contributed by atoms with E-state index in [1.165, 1.54) is 23.1 Å². The summed E-state index contributed by atoms with van der Waals surface area (Å²) in [7, 11) is 1.46. The van der Waals surface area contributed by atoms with Gasteiger partial charge in [-0.15, -0.1) is 11.3 Å². The first-order valence-corrected chi connectivity index (χ1v) is 15.9. The van der Waals surface area contributed by atoms with Gasteiger partial charge in [0, 0.05) is 31.1 Å². The Kier molecular flexibility index (Phi) is 7.79. The molecule has 218 valence electrons. The van der Waals surface area contributed by atoms with E-state index in [1.54, 1.807) is 11.3 Å². The molecule has 1 fully saturated rings. The van der Waals surface area contributed by atoms with Crippen LogP contribution < -0.4 is 10.2 Å². The Labute approximate surface area is 256 Å². The summed E-state index contributed by atoms with van der Waals surface area (Å²) in [6.45, 7) is 3.37. The minimum absolute atomic E-state index is 0.185. The lowest BCUT2D eigenvalue weighted by Crippen LogP contribution is -2.48. The van der Waals surface area contributed by atoms with Crippen LogP contribution in [-0.2, 0) is 17.6 Å². The van der Waals surface area contributed by atoms with Crippen LogP contribution in [-0.4, -0.2) is 54.1 Å². The Morgan fingerprint density at radius 1 is 0.814 bits per heavy atom. The zero-order valence-electron chi connectivity index (χ0n) is 24.3. The molecule has 7 nitrogen and oxygen atoms in total. The van der Waals surface area contributed by atoms with Crippen molar-refractivity contribution in [3.05, 3.63) is 112 Å². The van der Waals surface area contributed by atoms with Gasteiger partial charge in [0.1, 0.15) is 5.00 Å². The molecule has 2 aromatic heterocycles. The maximum absolute atomic E-state index is 13.0. The first-order chi connectivity index (χ1) is 21.2. The molecule has 0 amide bonds. The van der Waals surface area contributed by atoms with Gasteiger partial charge in [-0.25, -0.2) is 14.8 Å². The summed E-state index contributed by atoms with van der Waals surface area (Å²) in [5.41, 5.74) is 6.06. The highest BCUT2D eigenvalue weighted by atomic mass is 32.1. The van der Waals surface area contributed by atoms with E-state index in [4.69, 9.17) is 14.7 Å². The number of nitrogens with one attached hydrogen (secondary N) is 1. The summed E-state index contributed by atoms with van der Waals surface area (Å²) < 4.78 is 5.24. The summed E-state index contributed by atoms with van der Waals surface area (Å²) >= 11 is 1.65. The van der Waals surface area contributed by atoms with Crippen LogP contribution in [0.15, 0.2) is 84.9 Å².